The third-order valence-electron chi connectivity index (χ3n) is 23.2. The number of aromatic nitrogens is 4. The van der Waals surface area contributed by atoms with Gasteiger partial charge in [0.15, 0.2) is 0 Å². The Labute approximate surface area is 619 Å². The summed E-state index contributed by atoms with van der Waals surface area (Å²) in [4.78, 5) is 0. The van der Waals surface area contributed by atoms with Crippen LogP contribution in [0.2, 0.25) is 0 Å². The highest BCUT2D eigenvalue weighted by Crippen LogP contribution is 2.56. The van der Waals surface area contributed by atoms with Gasteiger partial charge < -0.3 is 9.47 Å². The zero-order valence-corrected chi connectivity index (χ0v) is 59.3. The van der Waals surface area contributed by atoms with Crippen molar-refractivity contribution in [3.8, 4) is 0 Å². The molecule has 24 rings (SSSR count). The number of unbranched alkanes of at least 4 members (excludes halogenated alkanes) is 2. The molecular formula is C97H72N8O2+4. The molecule has 12 aliphatic rings. The number of benzene rings is 8. The van der Waals surface area contributed by atoms with Crippen LogP contribution in [-0.4, -0.2) is 86.9 Å². The first kappa shape index (κ1) is 61.4. The van der Waals surface area contributed by atoms with E-state index in [4.69, 9.17) is 9.47 Å². The van der Waals surface area contributed by atoms with Gasteiger partial charge in [-0.1, -0.05) is 261 Å². The van der Waals surface area contributed by atoms with Crippen molar-refractivity contribution in [1.82, 2.24) is 18.3 Å². The van der Waals surface area contributed by atoms with Gasteiger partial charge in [0.05, 0.1) is 88.8 Å². The molecule has 107 heavy (non-hydrogen) atoms. The standard InChI is InChI=1S/2C45H28N4.C7H16O2/c2*1-5-13-29(14-6-1)41-33-21-23-35-42(30-15-7-2-8-16-30)37-25-27-39-44(32-19-11-4-12-20-32)40-28-26-38-43(31-17-9-3-10-18-31)36-24-22-34(41)47(36)45(46(33)35,48(37)39)49(38)40;1-8-6-4-3-5-7-9-2/h2*1-28H;3-7H2,1-2H3/q2*+2;. The molecule has 4 aromatic heterocycles. The summed E-state index contributed by atoms with van der Waals surface area (Å²) in [6.45, 7) is 1.76. The molecule has 0 atom stereocenters. The van der Waals surface area contributed by atoms with Gasteiger partial charge in [0.2, 0.25) is 45.6 Å². The van der Waals surface area contributed by atoms with E-state index in [0.717, 1.165) is 26.1 Å². The monoisotopic (exact) mass is 1380 g/mol. The molecule has 16 heterocycles. The van der Waals surface area contributed by atoms with E-state index in [-0.39, 0.29) is 0 Å². The summed E-state index contributed by atoms with van der Waals surface area (Å²) in [6, 6.07) is 106. The largest absolute Gasteiger partial charge is 0.553 e. The zero-order valence-electron chi connectivity index (χ0n) is 59.3. The number of ether oxygens (including phenoxy) is 2. The van der Waals surface area contributed by atoms with E-state index in [1.807, 2.05) is 0 Å². The molecule has 8 aromatic carbocycles. The smallest absolute Gasteiger partial charge is 0.385 e. The molecule has 0 radical (unpaired) electrons. The summed E-state index contributed by atoms with van der Waals surface area (Å²) < 4.78 is 30.9. The van der Waals surface area contributed by atoms with E-state index in [9.17, 15) is 0 Å². The molecule has 0 saturated heterocycles. The minimum atomic E-state index is -0.752. The zero-order chi connectivity index (χ0) is 70.6. The van der Waals surface area contributed by atoms with Crippen LogP contribution in [-0.2, 0) is 21.3 Å². The van der Waals surface area contributed by atoms with E-state index in [1.165, 1.54) is 185 Å². The molecule has 12 aromatic rings. The van der Waals surface area contributed by atoms with Gasteiger partial charge in [-0.3, -0.25) is 0 Å². The molecule has 0 bridgehead atoms. The van der Waals surface area contributed by atoms with Crippen LogP contribution < -0.4 is 21.4 Å². The van der Waals surface area contributed by atoms with E-state index in [0.29, 0.717) is 0 Å². The second-order valence-electron chi connectivity index (χ2n) is 28.7. The molecular weight excluding hydrogens is 1310 g/mol. The topological polar surface area (TPSA) is 50.2 Å². The molecule has 0 fully saturated rings. The first-order chi connectivity index (χ1) is 53.1. The summed E-state index contributed by atoms with van der Waals surface area (Å²) in [5.74, 6) is -1.50. The van der Waals surface area contributed by atoms with Gasteiger partial charge in [0.25, 0.3) is 0 Å². The Bertz CT molecular complexity index is 5800. The van der Waals surface area contributed by atoms with Gasteiger partial charge in [-0.15, -0.1) is 0 Å². The average molecular weight is 1380 g/mol. The Balaban J connectivity index is 0.000000120. The van der Waals surface area contributed by atoms with E-state index in [1.54, 1.807) is 14.2 Å². The molecule has 0 amide bonds. The number of hydrogen-bond donors (Lipinski definition) is 0. The summed E-state index contributed by atoms with van der Waals surface area (Å²) in [6.07, 6.45) is 22.4. The molecule has 0 saturated carbocycles. The lowest BCUT2D eigenvalue weighted by molar-refractivity contribution is -0.834. The van der Waals surface area contributed by atoms with Crippen molar-refractivity contribution in [2.24, 2.45) is 0 Å². The third kappa shape index (κ3) is 8.25. The van der Waals surface area contributed by atoms with Crippen molar-refractivity contribution < 1.29 is 27.8 Å². The quantitative estimate of drug-likeness (QED) is 0.0805. The molecule has 10 nitrogen and oxygen atoms in total. The van der Waals surface area contributed by atoms with Crippen molar-refractivity contribution in [3.63, 3.8) is 0 Å². The van der Waals surface area contributed by atoms with Crippen molar-refractivity contribution >= 4 is 67.4 Å². The summed E-state index contributed by atoms with van der Waals surface area (Å²) in [5.41, 5.74) is 34.3. The van der Waals surface area contributed by atoms with Crippen LogP contribution in [0.4, 0.5) is 0 Å². The Kier molecular flexibility index (Phi) is 13.6. The number of nitrogens with zero attached hydrogens (tertiary/aromatic N) is 8. The lowest BCUT2D eigenvalue weighted by Crippen LogP contribution is -2.71. The fourth-order valence-electron chi connectivity index (χ4n) is 19.3. The molecule has 508 valence electrons. The van der Waals surface area contributed by atoms with Crippen LogP contribution in [0.3, 0.4) is 0 Å². The van der Waals surface area contributed by atoms with E-state index >= 15 is 0 Å². The predicted molar refractivity (Wildman–Crippen MR) is 424 cm³/mol. The fraction of sp³-hybridized carbons (Fsp3) is 0.0928. The highest BCUT2D eigenvalue weighted by Gasteiger charge is 2.75. The first-order valence-electron chi connectivity index (χ1n) is 37.3. The number of allylic oxidation sites excluding steroid dienone is 8. The lowest BCUT2D eigenvalue weighted by Gasteiger charge is -2.41. The van der Waals surface area contributed by atoms with Crippen molar-refractivity contribution in [1.29, 1.82) is 0 Å². The summed E-state index contributed by atoms with van der Waals surface area (Å²) in [7, 11) is 3.46. The first-order valence-corrected chi connectivity index (χ1v) is 37.3. The van der Waals surface area contributed by atoms with Gasteiger partial charge in [-0.05, 0) is 112 Å². The average Bonchev–Trinajstić information content (AvgIpc) is 1.60. The second kappa shape index (κ2) is 23.7. The maximum atomic E-state index is 4.88. The summed E-state index contributed by atoms with van der Waals surface area (Å²) >= 11 is 0. The van der Waals surface area contributed by atoms with Crippen molar-refractivity contribution in [2.75, 3.05) is 27.4 Å². The molecule has 12 aliphatic heterocycles. The lowest BCUT2D eigenvalue weighted by atomic mass is 9.93. The van der Waals surface area contributed by atoms with Gasteiger partial charge in [-0.25, -0.2) is 0 Å². The third-order valence-corrected chi connectivity index (χ3v) is 23.2. The van der Waals surface area contributed by atoms with Gasteiger partial charge in [0, 0.05) is 76.0 Å². The number of methoxy groups -OCH3 is 2. The second-order valence-corrected chi connectivity index (χ2v) is 28.7. The fourth-order valence-corrected chi connectivity index (χ4v) is 19.3. The van der Waals surface area contributed by atoms with Gasteiger partial charge in [0.1, 0.15) is 0 Å². The summed E-state index contributed by atoms with van der Waals surface area (Å²) in [5, 5.41) is 4.87. The molecule has 2 spiro atoms. The van der Waals surface area contributed by atoms with E-state index in [2.05, 4.69) is 376 Å². The van der Waals surface area contributed by atoms with Crippen LogP contribution in [0.1, 0.15) is 86.5 Å². The Morgan fingerprint density at radius 1 is 0.224 bits per heavy atom. The van der Waals surface area contributed by atoms with Crippen molar-refractivity contribution in [2.45, 2.75) is 31.1 Å². The van der Waals surface area contributed by atoms with Crippen molar-refractivity contribution in [3.05, 3.63) is 451 Å². The van der Waals surface area contributed by atoms with Crippen LogP contribution in [0.5, 0.6) is 0 Å². The van der Waals surface area contributed by atoms with Crippen LogP contribution in [0, 0.1) is 0 Å². The Morgan fingerprint density at radius 3 is 0.636 bits per heavy atom. The SMILES string of the molecule is C1=CC2=[N+]3C1=C(c1ccccc1)c1ccc4n1C31n3c(ccc3=C(c3ccccc3)C3=[N+]1C(=C4c1ccccc1)C=C3)=C2c1ccccc1.C1=CC2=[N+]3C1=C(c1ccccc1)c1ccc4n1C31n3c(ccc3=C(c3ccccc3)C3=[N+]1C(=C4c1ccccc1)C=C3)=C2c1ccccc1.COCCCCCOC. The van der Waals surface area contributed by atoms with Crippen LogP contribution >= 0.6 is 0 Å². The minimum Gasteiger partial charge on any atom is -0.385 e. The Hall–Kier alpha value is -13.1. The Morgan fingerprint density at radius 2 is 0.430 bits per heavy atom. The number of rotatable bonds is 14. The minimum absolute atomic E-state index is 0.752. The van der Waals surface area contributed by atoms with Crippen LogP contribution in [0.25, 0.3) is 44.6 Å². The maximum absolute atomic E-state index is 4.88. The molecule has 0 aliphatic carbocycles. The molecule has 0 unspecified atom stereocenters. The highest BCUT2D eigenvalue weighted by atomic mass is 16.5. The highest BCUT2D eigenvalue weighted by molar-refractivity contribution is 6.31. The predicted octanol–water partition coefficient (Wildman–Crippen LogP) is 14.3. The normalized spacial score (nSPS) is 17.5. The number of hydrogen-bond acceptors (Lipinski definition) is 2. The molecule has 10 heteroatoms. The molecule has 0 N–H and O–H groups in total. The van der Waals surface area contributed by atoms with E-state index < -0.39 is 11.8 Å². The van der Waals surface area contributed by atoms with Crippen LogP contribution in [0.15, 0.2) is 363 Å². The van der Waals surface area contributed by atoms with Gasteiger partial charge >= 0.3 is 11.8 Å². The van der Waals surface area contributed by atoms with Gasteiger partial charge in [-0.2, -0.15) is 18.3 Å². The maximum Gasteiger partial charge on any atom is 0.553 e.